The van der Waals surface area contributed by atoms with Crippen molar-refractivity contribution in [3.63, 3.8) is 0 Å². The van der Waals surface area contributed by atoms with E-state index in [1.807, 2.05) is 0 Å². The second-order valence-corrected chi connectivity index (χ2v) is 5.09. The fraction of sp³-hybridized carbons (Fsp3) is 0.786. The van der Waals surface area contributed by atoms with E-state index in [9.17, 15) is 9.59 Å². The van der Waals surface area contributed by atoms with Crippen LogP contribution in [0, 0.1) is 5.92 Å². The molecule has 0 rings (SSSR count). The highest BCUT2D eigenvalue weighted by atomic mass is 35.5. The second kappa shape index (κ2) is 13.7. The number of carbonyl (C=O) groups is 2. The van der Waals surface area contributed by atoms with E-state index in [1.165, 1.54) is 0 Å². The number of amides is 1. The zero-order chi connectivity index (χ0) is 15.4. The highest BCUT2D eigenvalue weighted by Gasteiger charge is 2.19. The van der Waals surface area contributed by atoms with Crippen LogP contribution in [0.4, 0.5) is 0 Å². The number of Topliss-reactive ketones (excluding diaryl/α,β-unsaturated/α-hetero) is 1. The zero-order valence-electron chi connectivity index (χ0n) is 12.8. The molecule has 0 saturated carbocycles. The van der Waals surface area contributed by atoms with Crippen LogP contribution >= 0.6 is 12.4 Å². The van der Waals surface area contributed by atoms with Gasteiger partial charge in [-0.05, 0) is 19.3 Å². The van der Waals surface area contributed by atoms with Crippen molar-refractivity contribution in [2.45, 2.75) is 58.3 Å². The highest BCUT2D eigenvalue weighted by Crippen LogP contribution is 2.17. The fourth-order valence-electron chi connectivity index (χ4n) is 2.08. The van der Waals surface area contributed by atoms with E-state index in [2.05, 4.69) is 11.9 Å². The number of rotatable bonds is 12. The van der Waals surface area contributed by atoms with Crippen LogP contribution < -0.4 is 17.2 Å². The summed E-state index contributed by atoms with van der Waals surface area (Å²) in [6.45, 7) is 2.64. The van der Waals surface area contributed by atoms with Crippen LogP contribution in [0.3, 0.4) is 0 Å². The molecule has 0 spiro atoms. The maximum absolute atomic E-state index is 12.1. The Morgan fingerprint density at radius 3 is 2.24 bits per heavy atom. The number of nitrogens with zero attached hydrogens (tertiary/aromatic N) is 1. The van der Waals surface area contributed by atoms with Gasteiger partial charge in [0.15, 0.2) is 5.96 Å². The molecule has 6 N–H and O–H groups in total. The van der Waals surface area contributed by atoms with Crippen LogP contribution in [-0.2, 0) is 9.59 Å². The van der Waals surface area contributed by atoms with Gasteiger partial charge in [0.05, 0.1) is 0 Å². The highest BCUT2D eigenvalue weighted by molar-refractivity contribution is 5.86. The van der Waals surface area contributed by atoms with Crippen molar-refractivity contribution in [3.8, 4) is 0 Å². The van der Waals surface area contributed by atoms with Gasteiger partial charge in [-0.15, -0.1) is 12.4 Å². The molecule has 0 aliphatic rings. The summed E-state index contributed by atoms with van der Waals surface area (Å²) in [6, 6.07) is 0. The van der Waals surface area contributed by atoms with Gasteiger partial charge in [-0.1, -0.05) is 26.2 Å². The topological polar surface area (TPSA) is 125 Å². The first-order chi connectivity index (χ1) is 9.47. The monoisotopic (exact) mass is 320 g/mol. The van der Waals surface area contributed by atoms with E-state index >= 15 is 0 Å². The van der Waals surface area contributed by atoms with Crippen molar-refractivity contribution < 1.29 is 9.59 Å². The molecular weight excluding hydrogens is 292 g/mol. The number of hydrogen-bond acceptors (Lipinski definition) is 3. The first-order valence-corrected chi connectivity index (χ1v) is 7.33. The minimum atomic E-state index is -0.414. The van der Waals surface area contributed by atoms with Crippen molar-refractivity contribution >= 4 is 30.1 Å². The van der Waals surface area contributed by atoms with Crippen molar-refractivity contribution in [2.75, 3.05) is 6.54 Å². The van der Waals surface area contributed by atoms with Gasteiger partial charge < -0.3 is 17.2 Å². The minimum absolute atomic E-state index is 0. The average molecular weight is 321 g/mol. The van der Waals surface area contributed by atoms with E-state index in [-0.39, 0.29) is 36.5 Å². The molecule has 1 amide bonds. The molecule has 0 aromatic carbocycles. The summed E-state index contributed by atoms with van der Waals surface area (Å²) in [5, 5.41) is 0. The first-order valence-electron chi connectivity index (χ1n) is 7.33. The van der Waals surface area contributed by atoms with E-state index in [4.69, 9.17) is 17.2 Å². The molecule has 0 aliphatic heterocycles. The van der Waals surface area contributed by atoms with Gasteiger partial charge in [0, 0.05) is 25.3 Å². The number of halogens is 1. The Balaban J connectivity index is 0. The minimum Gasteiger partial charge on any atom is -0.370 e. The summed E-state index contributed by atoms with van der Waals surface area (Å²) in [5.74, 6) is -0.431. The molecule has 0 saturated heterocycles. The van der Waals surface area contributed by atoms with Gasteiger partial charge in [0.2, 0.25) is 5.91 Å². The second-order valence-electron chi connectivity index (χ2n) is 5.09. The number of unbranched alkanes of at least 4 members (excludes halogenated alkanes) is 3. The number of primary amides is 1. The van der Waals surface area contributed by atoms with Gasteiger partial charge in [0.1, 0.15) is 5.78 Å². The summed E-state index contributed by atoms with van der Waals surface area (Å²) < 4.78 is 0. The average Bonchev–Trinajstić information content (AvgIpc) is 2.36. The molecule has 0 bridgehead atoms. The van der Waals surface area contributed by atoms with E-state index in [1.54, 1.807) is 0 Å². The van der Waals surface area contributed by atoms with Gasteiger partial charge in [-0.25, -0.2) is 0 Å². The van der Waals surface area contributed by atoms with Crippen molar-refractivity contribution in [1.29, 1.82) is 0 Å². The predicted octanol–water partition coefficient (Wildman–Crippen LogP) is 1.49. The lowest BCUT2D eigenvalue weighted by molar-refractivity contribution is -0.128. The predicted molar refractivity (Wildman–Crippen MR) is 88.2 cm³/mol. The largest absolute Gasteiger partial charge is 0.370 e. The number of guanidine groups is 1. The summed E-state index contributed by atoms with van der Waals surface area (Å²) in [7, 11) is 0. The normalized spacial score (nSPS) is 11.3. The summed E-state index contributed by atoms with van der Waals surface area (Å²) >= 11 is 0. The molecule has 0 fully saturated rings. The molecule has 0 aromatic rings. The van der Waals surface area contributed by atoms with Crippen molar-refractivity contribution in [1.82, 2.24) is 0 Å². The van der Waals surface area contributed by atoms with Gasteiger partial charge in [-0.2, -0.15) is 0 Å². The molecule has 7 heteroatoms. The number of ketones is 1. The third-order valence-electron chi connectivity index (χ3n) is 3.18. The lowest BCUT2D eigenvalue weighted by Crippen LogP contribution is -2.23. The first kappa shape index (κ1) is 22.0. The Morgan fingerprint density at radius 1 is 1.05 bits per heavy atom. The van der Waals surface area contributed by atoms with Gasteiger partial charge in [-0.3, -0.25) is 14.6 Å². The van der Waals surface area contributed by atoms with E-state index < -0.39 is 5.91 Å². The molecule has 0 radical (unpaired) electrons. The van der Waals surface area contributed by atoms with Crippen molar-refractivity contribution in [2.24, 2.45) is 28.1 Å². The zero-order valence-corrected chi connectivity index (χ0v) is 13.7. The van der Waals surface area contributed by atoms with E-state index in [0.29, 0.717) is 19.4 Å². The summed E-state index contributed by atoms with van der Waals surface area (Å²) in [6.07, 6.45) is 5.98. The molecule has 21 heavy (non-hydrogen) atoms. The third-order valence-corrected chi connectivity index (χ3v) is 3.18. The van der Waals surface area contributed by atoms with Crippen molar-refractivity contribution in [3.05, 3.63) is 0 Å². The quantitative estimate of drug-likeness (QED) is 0.286. The Labute approximate surface area is 133 Å². The lowest BCUT2D eigenvalue weighted by Gasteiger charge is -2.13. The number of aliphatic imine (C=N–C) groups is 1. The Morgan fingerprint density at radius 2 is 1.71 bits per heavy atom. The van der Waals surface area contributed by atoms with Crippen LogP contribution in [0.5, 0.6) is 0 Å². The Bertz CT molecular complexity index is 331. The SMILES string of the molecule is CCCCCC(=O)[C@@H](CCCCN=C(N)N)CC(N)=O.Cl. The smallest absolute Gasteiger partial charge is 0.218 e. The number of nitrogens with two attached hydrogens (primary N) is 3. The van der Waals surface area contributed by atoms with E-state index in [0.717, 1.165) is 32.1 Å². The summed E-state index contributed by atoms with van der Waals surface area (Å²) in [4.78, 5) is 27.0. The molecule has 6 nitrogen and oxygen atoms in total. The molecule has 1 atom stereocenters. The lowest BCUT2D eigenvalue weighted by atomic mass is 9.90. The molecule has 0 aromatic heterocycles. The Hall–Kier alpha value is -1.30. The molecular formula is C14H29ClN4O2. The maximum atomic E-state index is 12.1. The molecule has 0 unspecified atom stereocenters. The molecule has 124 valence electrons. The molecule has 0 heterocycles. The van der Waals surface area contributed by atoms with Crippen LogP contribution in [0.1, 0.15) is 58.3 Å². The van der Waals surface area contributed by atoms with Crippen LogP contribution in [-0.4, -0.2) is 24.2 Å². The fourth-order valence-corrected chi connectivity index (χ4v) is 2.08. The van der Waals surface area contributed by atoms with Crippen LogP contribution in [0.2, 0.25) is 0 Å². The third kappa shape index (κ3) is 13.4. The summed E-state index contributed by atoms with van der Waals surface area (Å²) in [5.41, 5.74) is 15.7. The number of carbonyl (C=O) groups excluding carboxylic acids is 2. The standard InChI is InChI=1S/C14H28N4O2.ClH/c1-2-3-4-8-12(19)11(10-13(15)20)7-5-6-9-18-14(16)17;/h11H,2-10H2,1H3,(H2,15,20)(H4,16,17,18);1H/t11-;/m0./s1. The Kier molecular flexibility index (Phi) is 14.3. The van der Waals surface area contributed by atoms with Gasteiger partial charge in [0.25, 0.3) is 0 Å². The van der Waals surface area contributed by atoms with Gasteiger partial charge >= 0.3 is 0 Å². The molecule has 0 aliphatic carbocycles. The number of hydrogen-bond donors (Lipinski definition) is 3. The van der Waals surface area contributed by atoms with Crippen LogP contribution in [0.15, 0.2) is 4.99 Å². The maximum Gasteiger partial charge on any atom is 0.218 e. The van der Waals surface area contributed by atoms with Crippen LogP contribution in [0.25, 0.3) is 0 Å².